The molecule has 0 saturated heterocycles. The number of hydrogen-bond acceptors (Lipinski definition) is 8. The number of rotatable bonds is 9. The van der Waals surface area contributed by atoms with Crippen LogP contribution in [0.2, 0.25) is 0 Å². The van der Waals surface area contributed by atoms with Gasteiger partial charge in [0, 0.05) is 35.5 Å². The highest BCUT2D eigenvalue weighted by Gasteiger charge is 2.16. The molecule has 10 heteroatoms. The Labute approximate surface area is 198 Å². The number of nitrogens with zero attached hydrogens (tertiary/aromatic N) is 3. The summed E-state index contributed by atoms with van der Waals surface area (Å²) in [7, 11) is -1.61. The molecule has 0 amide bonds. The van der Waals surface area contributed by atoms with Crippen LogP contribution in [0.4, 0.5) is 5.82 Å². The van der Waals surface area contributed by atoms with Crippen LogP contribution in [-0.2, 0) is 9.84 Å². The van der Waals surface area contributed by atoms with Gasteiger partial charge in [-0.3, -0.25) is 5.10 Å². The standard InChI is InChI=1S/C24H27N5O4S/c1-15(17-6-5-7-18(10-17)19-13-25-26-14-19)27-24-20-11-23(33-8-9-34(4,30)31)22(32-3)12-21(20)28-16(2)29-24/h5-7,10-15H,8-9H2,1-4H3,(H,25,26)(H,27,28,29)/t15-/m1/s1. The Hall–Kier alpha value is -3.66. The second-order valence-corrected chi connectivity index (χ2v) is 10.4. The molecule has 0 fully saturated rings. The van der Waals surface area contributed by atoms with Crippen LogP contribution in [-0.4, -0.2) is 54.3 Å². The highest BCUT2D eigenvalue weighted by Crippen LogP contribution is 2.35. The van der Waals surface area contributed by atoms with E-state index in [0.29, 0.717) is 28.7 Å². The molecule has 0 aliphatic carbocycles. The van der Waals surface area contributed by atoms with Crippen molar-refractivity contribution in [3.8, 4) is 22.6 Å². The van der Waals surface area contributed by atoms with Crippen LogP contribution in [0.5, 0.6) is 11.5 Å². The van der Waals surface area contributed by atoms with E-state index in [1.807, 2.05) is 25.3 Å². The SMILES string of the molecule is COc1cc2nc(C)nc(N[C@H](C)c3cccc(-c4cn[nH]c4)c3)c2cc1OCCS(C)(=O)=O. The normalized spacial score (nSPS) is 12.5. The van der Waals surface area contributed by atoms with Crippen LogP contribution in [0.15, 0.2) is 48.8 Å². The molecule has 2 aromatic carbocycles. The first kappa shape index (κ1) is 23.5. The summed E-state index contributed by atoms with van der Waals surface area (Å²) >= 11 is 0. The molecule has 0 aliphatic rings. The Morgan fingerprint density at radius 3 is 2.65 bits per heavy atom. The number of fused-ring (bicyclic) bond motifs is 1. The minimum atomic E-state index is -3.15. The molecule has 2 heterocycles. The van der Waals surface area contributed by atoms with Crippen molar-refractivity contribution in [3.05, 3.63) is 60.2 Å². The lowest BCUT2D eigenvalue weighted by molar-refractivity contribution is 0.312. The summed E-state index contributed by atoms with van der Waals surface area (Å²) < 4.78 is 34.2. The van der Waals surface area contributed by atoms with Gasteiger partial charge in [0.2, 0.25) is 0 Å². The van der Waals surface area contributed by atoms with Gasteiger partial charge in [-0.15, -0.1) is 0 Å². The Balaban J connectivity index is 1.66. The van der Waals surface area contributed by atoms with Crippen LogP contribution in [0, 0.1) is 6.92 Å². The summed E-state index contributed by atoms with van der Waals surface area (Å²) in [5.74, 6) is 2.09. The molecule has 2 aromatic heterocycles. The van der Waals surface area contributed by atoms with Crippen LogP contribution in [0.3, 0.4) is 0 Å². The van der Waals surface area contributed by atoms with Gasteiger partial charge in [0.15, 0.2) is 21.3 Å². The van der Waals surface area contributed by atoms with Crippen molar-refractivity contribution in [2.75, 3.05) is 31.0 Å². The van der Waals surface area contributed by atoms with Crippen molar-refractivity contribution in [1.82, 2.24) is 20.2 Å². The second kappa shape index (κ2) is 9.68. The van der Waals surface area contributed by atoms with Gasteiger partial charge >= 0.3 is 0 Å². The smallest absolute Gasteiger partial charge is 0.162 e. The minimum Gasteiger partial charge on any atom is -0.493 e. The fourth-order valence-corrected chi connectivity index (χ4v) is 4.01. The van der Waals surface area contributed by atoms with Crippen LogP contribution in [0.25, 0.3) is 22.0 Å². The molecule has 0 saturated carbocycles. The van der Waals surface area contributed by atoms with Crippen molar-refractivity contribution >= 4 is 26.6 Å². The first-order chi connectivity index (χ1) is 16.2. The van der Waals surface area contributed by atoms with Gasteiger partial charge in [0.1, 0.15) is 18.2 Å². The van der Waals surface area contributed by atoms with E-state index < -0.39 is 9.84 Å². The molecule has 1 atom stereocenters. The second-order valence-electron chi connectivity index (χ2n) is 8.10. The lowest BCUT2D eigenvalue weighted by atomic mass is 10.0. The lowest BCUT2D eigenvalue weighted by Gasteiger charge is -2.19. The topological polar surface area (TPSA) is 119 Å². The van der Waals surface area contributed by atoms with E-state index in [4.69, 9.17) is 9.47 Å². The van der Waals surface area contributed by atoms with Gasteiger partial charge in [-0.1, -0.05) is 18.2 Å². The molecule has 4 aromatic rings. The third-order valence-corrected chi connectivity index (χ3v) is 6.28. The first-order valence-corrected chi connectivity index (χ1v) is 12.8. The molecule has 4 rings (SSSR count). The Kier molecular flexibility index (Phi) is 6.69. The van der Waals surface area contributed by atoms with E-state index in [-0.39, 0.29) is 18.4 Å². The third kappa shape index (κ3) is 5.45. The van der Waals surface area contributed by atoms with Gasteiger partial charge in [0.25, 0.3) is 0 Å². The largest absolute Gasteiger partial charge is 0.493 e. The van der Waals surface area contributed by atoms with Gasteiger partial charge in [-0.05, 0) is 37.1 Å². The van der Waals surface area contributed by atoms with E-state index in [1.54, 1.807) is 18.3 Å². The number of methoxy groups -OCH3 is 1. The zero-order chi connectivity index (χ0) is 24.3. The first-order valence-electron chi connectivity index (χ1n) is 10.8. The number of aromatic amines is 1. The number of nitrogens with one attached hydrogen (secondary N) is 2. The quantitative estimate of drug-likeness (QED) is 0.369. The van der Waals surface area contributed by atoms with Crippen molar-refractivity contribution in [2.45, 2.75) is 19.9 Å². The van der Waals surface area contributed by atoms with E-state index in [2.05, 4.69) is 44.5 Å². The molecule has 178 valence electrons. The fraction of sp³-hybridized carbons (Fsp3) is 0.292. The van der Waals surface area contributed by atoms with Gasteiger partial charge < -0.3 is 14.8 Å². The molecular formula is C24H27N5O4S. The van der Waals surface area contributed by atoms with Crippen molar-refractivity contribution in [1.29, 1.82) is 0 Å². The number of ether oxygens (including phenoxy) is 2. The molecular weight excluding hydrogens is 454 g/mol. The Bertz CT molecular complexity index is 1400. The predicted molar refractivity (Wildman–Crippen MR) is 132 cm³/mol. The number of aromatic nitrogens is 4. The highest BCUT2D eigenvalue weighted by atomic mass is 32.2. The number of H-pyrrole nitrogens is 1. The lowest BCUT2D eigenvalue weighted by Crippen LogP contribution is -2.13. The monoisotopic (exact) mass is 481 g/mol. The van der Waals surface area contributed by atoms with Crippen LogP contribution in [0.1, 0.15) is 24.4 Å². The van der Waals surface area contributed by atoms with Gasteiger partial charge in [-0.25, -0.2) is 18.4 Å². The van der Waals surface area contributed by atoms with E-state index in [9.17, 15) is 8.42 Å². The summed E-state index contributed by atoms with van der Waals surface area (Å²) in [5.41, 5.74) is 3.86. The number of sulfone groups is 1. The molecule has 0 spiro atoms. The molecule has 0 unspecified atom stereocenters. The average Bonchev–Trinajstić information content (AvgIpc) is 3.33. The predicted octanol–water partition coefficient (Wildman–Crippen LogP) is 3.93. The maximum Gasteiger partial charge on any atom is 0.162 e. The molecule has 0 radical (unpaired) electrons. The van der Waals surface area contributed by atoms with E-state index >= 15 is 0 Å². The zero-order valence-electron chi connectivity index (χ0n) is 19.5. The average molecular weight is 482 g/mol. The van der Waals surface area contributed by atoms with Gasteiger partial charge in [-0.2, -0.15) is 5.10 Å². The number of benzene rings is 2. The number of aryl methyl sites for hydroxylation is 1. The van der Waals surface area contributed by atoms with Gasteiger partial charge in [0.05, 0.1) is 24.6 Å². The maximum absolute atomic E-state index is 11.5. The van der Waals surface area contributed by atoms with Crippen molar-refractivity contribution < 1.29 is 17.9 Å². The molecule has 2 N–H and O–H groups in total. The summed E-state index contributed by atoms with van der Waals surface area (Å²) in [5, 5.41) is 11.1. The number of hydrogen-bond donors (Lipinski definition) is 2. The van der Waals surface area contributed by atoms with Crippen LogP contribution >= 0.6 is 0 Å². The van der Waals surface area contributed by atoms with E-state index in [1.165, 1.54) is 13.4 Å². The minimum absolute atomic E-state index is 0.0212. The molecule has 0 bridgehead atoms. The summed E-state index contributed by atoms with van der Waals surface area (Å²) in [4.78, 5) is 9.17. The molecule has 34 heavy (non-hydrogen) atoms. The fourth-order valence-electron chi connectivity index (χ4n) is 3.62. The number of anilines is 1. The Morgan fingerprint density at radius 2 is 1.94 bits per heavy atom. The third-order valence-electron chi connectivity index (χ3n) is 5.38. The van der Waals surface area contributed by atoms with Crippen molar-refractivity contribution in [3.63, 3.8) is 0 Å². The highest BCUT2D eigenvalue weighted by molar-refractivity contribution is 7.90. The molecule has 0 aliphatic heterocycles. The maximum atomic E-state index is 11.5. The van der Waals surface area contributed by atoms with E-state index in [0.717, 1.165) is 22.1 Å². The molecule has 9 nitrogen and oxygen atoms in total. The van der Waals surface area contributed by atoms with Crippen molar-refractivity contribution in [2.24, 2.45) is 0 Å². The zero-order valence-corrected chi connectivity index (χ0v) is 20.3. The summed E-state index contributed by atoms with van der Waals surface area (Å²) in [6, 6.07) is 11.7. The Morgan fingerprint density at radius 1 is 1.12 bits per heavy atom. The summed E-state index contributed by atoms with van der Waals surface area (Å²) in [6.45, 7) is 3.91. The van der Waals surface area contributed by atoms with Crippen LogP contribution < -0.4 is 14.8 Å². The summed E-state index contributed by atoms with van der Waals surface area (Å²) in [6.07, 6.45) is 4.82.